The van der Waals surface area contributed by atoms with E-state index in [0.717, 1.165) is 5.92 Å². The van der Waals surface area contributed by atoms with Gasteiger partial charge < -0.3 is 5.32 Å². The van der Waals surface area contributed by atoms with Crippen LogP contribution in [0.3, 0.4) is 0 Å². The number of hydrogen-bond donors (Lipinski definition) is 1. The zero-order valence-corrected chi connectivity index (χ0v) is 14.6. The van der Waals surface area contributed by atoms with Crippen LogP contribution in [-0.4, -0.2) is 30.6 Å². The Morgan fingerprint density at radius 3 is 2.52 bits per heavy atom. The Kier molecular flexibility index (Phi) is 5.36. The van der Waals surface area contributed by atoms with E-state index in [1.165, 1.54) is 61.8 Å². The van der Waals surface area contributed by atoms with Gasteiger partial charge in [-0.2, -0.15) is 0 Å². The summed E-state index contributed by atoms with van der Waals surface area (Å²) in [7, 11) is 0. The SMILES string of the molecule is CCC(c1ccc(Br)cc1)N(CC1CC1)CC1CCCN1. The van der Waals surface area contributed by atoms with E-state index in [9.17, 15) is 0 Å². The first-order valence-corrected chi connectivity index (χ1v) is 9.28. The van der Waals surface area contributed by atoms with Crippen LogP contribution in [0.4, 0.5) is 0 Å². The van der Waals surface area contributed by atoms with E-state index in [2.05, 4.69) is 57.3 Å². The molecule has 0 bridgehead atoms. The largest absolute Gasteiger partial charge is 0.313 e. The lowest BCUT2D eigenvalue weighted by atomic mass is 10.0. The van der Waals surface area contributed by atoms with Crippen molar-refractivity contribution < 1.29 is 0 Å². The summed E-state index contributed by atoms with van der Waals surface area (Å²) in [6.07, 6.45) is 6.76. The molecule has 1 N–H and O–H groups in total. The fraction of sp³-hybridized carbons (Fsp3) is 0.667. The van der Waals surface area contributed by atoms with Gasteiger partial charge in [-0.15, -0.1) is 0 Å². The molecule has 1 saturated carbocycles. The van der Waals surface area contributed by atoms with Crippen molar-refractivity contribution in [3.63, 3.8) is 0 Å². The van der Waals surface area contributed by atoms with Gasteiger partial charge in [0.15, 0.2) is 0 Å². The van der Waals surface area contributed by atoms with Gasteiger partial charge in [-0.05, 0) is 62.3 Å². The molecule has 1 saturated heterocycles. The minimum absolute atomic E-state index is 0.570. The fourth-order valence-electron chi connectivity index (χ4n) is 3.55. The Morgan fingerprint density at radius 1 is 1.19 bits per heavy atom. The van der Waals surface area contributed by atoms with Crippen molar-refractivity contribution in [1.82, 2.24) is 10.2 Å². The highest BCUT2D eigenvalue weighted by Crippen LogP contribution is 2.34. The van der Waals surface area contributed by atoms with E-state index < -0.39 is 0 Å². The molecule has 2 fully saturated rings. The van der Waals surface area contributed by atoms with Crippen LogP contribution in [0.2, 0.25) is 0 Å². The molecular weight excluding hydrogens is 324 g/mol. The summed E-state index contributed by atoms with van der Waals surface area (Å²) < 4.78 is 1.17. The van der Waals surface area contributed by atoms with Gasteiger partial charge >= 0.3 is 0 Å². The van der Waals surface area contributed by atoms with Crippen molar-refractivity contribution in [1.29, 1.82) is 0 Å². The van der Waals surface area contributed by atoms with Crippen molar-refractivity contribution in [3.05, 3.63) is 34.3 Å². The summed E-state index contributed by atoms with van der Waals surface area (Å²) in [5.41, 5.74) is 1.47. The minimum atomic E-state index is 0.570. The van der Waals surface area contributed by atoms with Crippen molar-refractivity contribution in [2.24, 2.45) is 5.92 Å². The van der Waals surface area contributed by atoms with Crippen molar-refractivity contribution in [3.8, 4) is 0 Å². The first kappa shape index (κ1) is 15.5. The molecule has 1 aromatic rings. The third-order valence-corrected chi connectivity index (χ3v) is 5.42. The van der Waals surface area contributed by atoms with Gasteiger partial charge in [0.05, 0.1) is 0 Å². The van der Waals surface area contributed by atoms with Gasteiger partial charge in [0.25, 0.3) is 0 Å². The molecule has 2 atom stereocenters. The fourth-order valence-corrected chi connectivity index (χ4v) is 3.81. The molecule has 1 aliphatic carbocycles. The van der Waals surface area contributed by atoms with Crippen LogP contribution < -0.4 is 5.32 Å². The van der Waals surface area contributed by atoms with E-state index in [-0.39, 0.29) is 0 Å². The summed E-state index contributed by atoms with van der Waals surface area (Å²) >= 11 is 3.55. The molecular formula is C18H27BrN2. The van der Waals surface area contributed by atoms with Gasteiger partial charge in [-0.25, -0.2) is 0 Å². The van der Waals surface area contributed by atoms with E-state index in [4.69, 9.17) is 0 Å². The van der Waals surface area contributed by atoms with Gasteiger partial charge in [0.2, 0.25) is 0 Å². The van der Waals surface area contributed by atoms with Crippen LogP contribution in [0.15, 0.2) is 28.7 Å². The normalized spacial score (nSPS) is 23.7. The number of halogens is 1. The minimum Gasteiger partial charge on any atom is -0.313 e. The summed E-state index contributed by atoms with van der Waals surface area (Å²) in [4.78, 5) is 2.75. The molecule has 2 unspecified atom stereocenters. The molecule has 0 aromatic heterocycles. The molecule has 1 aromatic carbocycles. The Labute approximate surface area is 137 Å². The number of benzene rings is 1. The summed E-state index contributed by atoms with van der Waals surface area (Å²) in [5.74, 6) is 0.955. The molecule has 2 nitrogen and oxygen atoms in total. The quantitative estimate of drug-likeness (QED) is 0.785. The number of rotatable bonds is 7. The standard InChI is InChI=1S/C18H27BrN2/c1-2-18(15-7-9-16(19)10-8-15)21(12-14-5-6-14)13-17-4-3-11-20-17/h7-10,14,17-18,20H,2-6,11-13H2,1H3. The van der Waals surface area contributed by atoms with E-state index in [1.807, 2.05) is 0 Å². The van der Waals surface area contributed by atoms with Crippen LogP contribution in [0.5, 0.6) is 0 Å². The van der Waals surface area contributed by atoms with Crippen LogP contribution in [0, 0.1) is 5.92 Å². The molecule has 1 heterocycles. The summed E-state index contributed by atoms with van der Waals surface area (Å²) in [6, 6.07) is 10.2. The predicted octanol–water partition coefficient (Wildman–Crippen LogP) is 4.36. The monoisotopic (exact) mass is 350 g/mol. The molecule has 0 spiro atoms. The Hall–Kier alpha value is -0.380. The molecule has 0 amide bonds. The van der Waals surface area contributed by atoms with Gasteiger partial charge in [-0.3, -0.25) is 4.90 Å². The zero-order chi connectivity index (χ0) is 14.7. The van der Waals surface area contributed by atoms with Crippen molar-refractivity contribution in [2.45, 2.75) is 51.1 Å². The second-order valence-corrected chi connectivity index (χ2v) is 7.58. The highest BCUT2D eigenvalue weighted by molar-refractivity contribution is 9.10. The van der Waals surface area contributed by atoms with Crippen LogP contribution in [0.25, 0.3) is 0 Å². The Bertz CT molecular complexity index is 435. The van der Waals surface area contributed by atoms with Crippen LogP contribution in [-0.2, 0) is 0 Å². The van der Waals surface area contributed by atoms with Gasteiger partial charge in [-0.1, -0.05) is 35.0 Å². The maximum atomic E-state index is 3.67. The van der Waals surface area contributed by atoms with E-state index in [0.29, 0.717) is 12.1 Å². The molecule has 0 radical (unpaired) electrons. The lowest BCUT2D eigenvalue weighted by Gasteiger charge is -2.33. The maximum absolute atomic E-state index is 3.67. The summed E-state index contributed by atoms with van der Waals surface area (Å²) in [5, 5.41) is 3.67. The lowest BCUT2D eigenvalue weighted by Crippen LogP contribution is -2.40. The summed E-state index contributed by atoms with van der Waals surface area (Å²) in [6.45, 7) is 6.03. The lowest BCUT2D eigenvalue weighted by molar-refractivity contribution is 0.168. The highest BCUT2D eigenvalue weighted by Gasteiger charge is 2.30. The average Bonchev–Trinajstić information content (AvgIpc) is 3.15. The molecule has 2 aliphatic rings. The average molecular weight is 351 g/mol. The van der Waals surface area contributed by atoms with Gasteiger partial charge in [0, 0.05) is 29.6 Å². The number of nitrogens with one attached hydrogen (secondary N) is 1. The maximum Gasteiger partial charge on any atom is 0.0346 e. The van der Waals surface area contributed by atoms with Crippen LogP contribution >= 0.6 is 15.9 Å². The number of nitrogens with zero attached hydrogens (tertiary/aromatic N) is 1. The van der Waals surface area contributed by atoms with Crippen molar-refractivity contribution >= 4 is 15.9 Å². The van der Waals surface area contributed by atoms with E-state index in [1.54, 1.807) is 0 Å². The third-order valence-electron chi connectivity index (χ3n) is 4.89. The van der Waals surface area contributed by atoms with Crippen LogP contribution in [0.1, 0.15) is 50.6 Å². The number of hydrogen-bond acceptors (Lipinski definition) is 2. The molecule has 116 valence electrons. The molecule has 3 rings (SSSR count). The first-order valence-electron chi connectivity index (χ1n) is 8.49. The second kappa shape index (κ2) is 7.26. The van der Waals surface area contributed by atoms with E-state index >= 15 is 0 Å². The molecule has 3 heteroatoms. The predicted molar refractivity (Wildman–Crippen MR) is 92.5 cm³/mol. The first-order chi connectivity index (χ1) is 10.3. The Balaban J connectivity index is 1.72. The second-order valence-electron chi connectivity index (χ2n) is 6.67. The van der Waals surface area contributed by atoms with Gasteiger partial charge in [0.1, 0.15) is 0 Å². The van der Waals surface area contributed by atoms with Crippen molar-refractivity contribution in [2.75, 3.05) is 19.6 Å². The highest BCUT2D eigenvalue weighted by atomic mass is 79.9. The molecule has 21 heavy (non-hydrogen) atoms. The zero-order valence-electron chi connectivity index (χ0n) is 13.0. The topological polar surface area (TPSA) is 15.3 Å². The Morgan fingerprint density at radius 2 is 1.95 bits per heavy atom. The third kappa shape index (κ3) is 4.30. The smallest absolute Gasteiger partial charge is 0.0346 e. The molecule has 1 aliphatic heterocycles.